The number of nitrogens with one attached hydrogen (secondary N) is 5. The SMILES string of the molecule is O=C(CCC(=O)OCCOCCOCCOCCOC(=O)C1=CC=C(C2=c3ccc([nH]3)=C(c3ccc(C(=O)O)cc3)c3ccc([nH]3)C(c3ccc(C(=O)O)cc3)=c3ccc([nH]3)=C(c3ccc(C(=O)O)cc3)c3ccc2[nH]3)CC1)NCCc1ccc(O)c(O)c1. The number of aromatic nitrogens is 4. The molecule has 5 heterocycles. The van der Waals surface area contributed by atoms with E-state index in [1.807, 2.05) is 54.6 Å². The number of ether oxygens (including phenoxy) is 5. The summed E-state index contributed by atoms with van der Waals surface area (Å²) in [5, 5.41) is 54.0. The maximum absolute atomic E-state index is 13.4. The number of carboxylic acid groups (broad SMARTS) is 3. The topological polar surface area (TPSA) is 325 Å². The predicted molar refractivity (Wildman–Crippen MR) is 325 cm³/mol. The van der Waals surface area contributed by atoms with Gasteiger partial charge in [-0.15, -0.1) is 0 Å². The lowest BCUT2D eigenvalue weighted by molar-refractivity contribution is -0.146. The monoisotopic (exact) mass is 1210 g/mol. The fourth-order valence-corrected chi connectivity index (χ4v) is 10.4. The summed E-state index contributed by atoms with van der Waals surface area (Å²) >= 11 is 0. The molecule has 0 atom stereocenters. The molecule has 1 aliphatic carbocycles. The third kappa shape index (κ3) is 15.3. The fraction of sp³-hybridized carbons (Fsp3) is 0.206. The van der Waals surface area contributed by atoms with Crippen LogP contribution in [0.3, 0.4) is 0 Å². The molecule has 456 valence electrons. The van der Waals surface area contributed by atoms with Crippen molar-refractivity contribution in [1.29, 1.82) is 0 Å². The molecule has 0 saturated carbocycles. The number of hydrogen-bond acceptors (Lipinski definition) is 13. The summed E-state index contributed by atoms with van der Waals surface area (Å²) in [6.07, 6.45) is 4.78. The molecule has 8 aromatic rings. The van der Waals surface area contributed by atoms with Gasteiger partial charge in [0.2, 0.25) is 5.91 Å². The molecular weight excluding hydrogens is 1140 g/mol. The lowest BCUT2D eigenvalue weighted by atomic mass is 9.91. The van der Waals surface area contributed by atoms with Gasteiger partial charge in [0.1, 0.15) is 13.2 Å². The van der Waals surface area contributed by atoms with Gasteiger partial charge in [0.05, 0.1) is 62.8 Å². The van der Waals surface area contributed by atoms with E-state index >= 15 is 0 Å². The van der Waals surface area contributed by atoms with Gasteiger partial charge in [0, 0.05) is 85.0 Å². The van der Waals surface area contributed by atoms with Gasteiger partial charge in [-0.05, 0) is 144 Å². The van der Waals surface area contributed by atoms with Gasteiger partial charge < -0.3 is 74.5 Å². The Morgan fingerprint density at radius 1 is 0.427 bits per heavy atom. The molecule has 21 nitrogen and oxygen atoms in total. The average Bonchev–Trinajstić information content (AvgIpc) is 1.72. The quantitative estimate of drug-likeness (QED) is 0.0177. The molecule has 1 aliphatic heterocycles. The molecule has 0 unspecified atom stereocenters. The van der Waals surface area contributed by atoms with Crippen LogP contribution in [-0.4, -0.2) is 141 Å². The second-order valence-corrected chi connectivity index (χ2v) is 20.8. The summed E-state index contributed by atoms with van der Waals surface area (Å²) in [5.41, 5.74) is 10.4. The van der Waals surface area contributed by atoms with Crippen molar-refractivity contribution in [1.82, 2.24) is 25.3 Å². The first kappa shape index (κ1) is 61.4. The van der Waals surface area contributed by atoms with Crippen molar-refractivity contribution < 1.29 is 78.0 Å². The van der Waals surface area contributed by atoms with E-state index in [1.54, 1.807) is 84.9 Å². The molecule has 21 heteroatoms. The molecule has 4 aromatic heterocycles. The number of rotatable bonds is 26. The van der Waals surface area contributed by atoms with E-state index in [4.69, 9.17) is 23.7 Å². The highest BCUT2D eigenvalue weighted by atomic mass is 16.6. The number of phenols is 2. The summed E-state index contributed by atoms with van der Waals surface area (Å²) in [6, 6.07) is 39.8. The van der Waals surface area contributed by atoms with Crippen molar-refractivity contribution in [3.05, 3.63) is 246 Å². The minimum atomic E-state index is -1.06. The molecule has 0 radical (unpaired) electrons. The molecule has 10 rings (SSSR count). The van der Waals surface area contributed by atoms with Crippen LogP contribution < -0.4 is 26.7 Å². The average molecular weight is 1210 g/mol. The number of aromatic carboxylic acids is 3. The van der Waals surface area contributed by atoms with E-state index in [2.05, 4.69) is 25.3 Å². The Hall–Kier alpha value is -10.7. The molecule has 2 aliphatic rings. The molecule has 4 aromatic carbocycles. The first-order valence-electron chi connectivity index (χ1n) is 28.7. The normalized spacial score (nSPS) is 12.9. The van der Waals surface area contributed by atoms with Crippen LogP contribution in [0.1, 0.15) is 102 Å². The van der Waals surface area contributed by atoms with Crippen molar-refractivity contribution in [2.45, 2.75) is 32.1 Å². The van der Waals surface area contributed by atoms with Crippen molar-refractivity contribution in [3.63, 3.8) is 0 Å². The Bertz CT molecular complexity index is 4280. The molecule has 0 spiro atoms. The Morgan fingerprint density at radius 3 is 1.28 bits per heavy atom. The second-order valence-electron chi connectivity index (χ2n) is 20.8. The minimum Gasteiger partial charge on any atom is -0.504 e. The van der Waals surface area contributed by atoms with Gasteiger partial charge in [-0.2, -0.15) is 0 Å². The number of amides is 1. The van der Waals surface area contributed by atoms with Gasteiger partial charge in [0.15, 0.2) is 11.5 Å². The zero-order valence-electron chi connectivity index (χ0n) is 48.1. The minimum absolute atomic E-state index is 0.0137. The van der Waals surface area contributed by atoms with Gasteiger partial charge in [-0.1, -0.05) is 54.6 Å². The first-order chi connectivity index (χ1) is 43.2. The highest BCUT2D eigenvalue weighted by Gasteiger charge is 2.23. The summed E-state index contributed by atoms with van der Waals surface area (Å²) in [7, 11) is 0. The number of allylic oxidation sites excluding steroid dienone is 3. The predicted octanol–water partition coefficient (Wildman–Crippen LogP) is 5.68. The number of carbonyl (C=O) groups excluding carboxylic acids is 3. The number of benzene rings is 4. The van der Waals surface area contributed by atoms with Crippen LogP contribution in [0.5, 0.6) is 11.5 Å². The maximum Gasteiger partial charge on any atom is 0.335 e. The molecule has 0 fully saturated rings. The number of hydrogen-bond donors (Lipinski definition) is 10. The summed E-state index contributed by atoms with van der Waals surface area (Å²) in [5.74, 6) is -4.98. The largest absolute Gasteiger partial charge is 0.504 e. The lowest BCUT2D eigenvalue weighted by Gasteiger charge is -2.17. The van der Waals surface area contributed by atoms with Gasteiger partial charge in [0.25, 0.3) is 0 Å². The van der Waals surface area contributed by atoms with Gasteiger partial charge in [-0.25, -0.2) is 19.2 Å². The first-order valence-corrected chi connectivity index (χ1v) is 28.7. The molecule has 8 bridgehead atoms. The van der Waals surface area contributed by atoms with E-state index in [0.717, 1.165) is 44.5 Å². The number of H-pyrrole nitrogens is 4. The van der Waals surface area contributed by atoms with Crippen LogP contribution in [0.15, 0.2) is 163 Å². The third-order valence-corrected chi connectivity index (χ3v) is 14.9. The number of aromatic hydroxyl groups is 2. The lowest BCUT2D eigenvalue weighted by Crippen LogP contribution is -2.26. The smallest absolute Gasteiger partial charge is 0.335 e. The van der Waals surface area contributed by atoms with E-state index in [9.17, 15) is 54.3 Å². The highest BCUT2D eigenvalue weighted by molar-refractivity contribution is 5.93. The number of fused-ring (bicyclic) bond motifs is 8. The van der Waals surface area contributed by atoms with E-state index < -0.39 is 29.8 Å². The van der Waals surface area contributed by atoms with Crippen molar-refractivity contribution in [2.75, 3.05) is 59.4 Å². The number of aromatic amines is 4. The molecule has 1 amide bonds. The number of carbonyl (C=O) groups is 6. The number of carboxylic acids is 3. The fourth-order valence-electron chi connectivity index (χ4n) is 10.4. The van der Waals surface area contributed by atoms with Gasteiger partial charge >= 0.3 is 29.8 Å². The Kier molecular flexibility index (Phi) is 19.7. The van der Waals surface area contributed by atoms with Crippen LogP contribution in [0.25, 0.3) is 22.3 Å². The standard InChI is InChI=1S/C68H63N5O16/c74-57-26-1-40(39-58(57)75)29-30-69-59(76)27-28-60(77)88-37-35-86-33-31-85-32-34-87-36-38-89-68(84)48-16-8-44(9-17-48)64-55-24-22-53(72-55)62(42-4-12-46(13-5-42)66(80)81)51-20-18-49(70-51)61(41-2-10-45(11-3-41)65(78)79)50-19-21-52(71-50)63(54-23-25-56(64)73-54)43-6-14-47(15-7-43)67(82)83/h1-8,10-16,18-26,39,70-75H,9,17,27-38H2,(H,69,76)(H,78,79)(H,80,81)(H,82,83). The van der Waals surface area contributed by atoms with Crippen LogP contribution >= 0.6 is 0 Å². The van der Waals surface area contributed by atoms with Crippen LogP contribution in [0, 0.1) is 0 Å². The van der Waals surface area contributed by atoms with E-state index in [1.165, 1.54) is 12.1 Å². The summed E-state index contributed by atoms with van der Waals surface area (Å²) in [6.45, 7) is 1.64. The van der Waals surface area contributed by atoms with Crippen LogP contribution in [0.2, 0.25) is 0 Å². The van der Waals surface area contributed by atoms with Crippen molar-refractivity contribution in [3.8, 4) is 11.5 Å². The maximum atomic E-state index is 13.4. The van der Waals surface area contributed by atoms with Gasteiger partial charge in [-0.3, -0.25) is 9.59 Å². The molecule has 89 heavy (non-hydrogen) atoms. The van der Waals surface area contributed by atoms with Crippen LogP contribution in [0.4, 0.5) is 0 Å². The number of esters is 2. The molecule has 0 saturated heterocycles. The van der Waals surface area contributed by atoms with E-state index in [-0.39, 0.29) is 99.8 Å². The number of phenolic OH excluding ortho intramolecular Hbond substituents is 2. The Balaban J connectivity index is 0.808. The summed E-state index contributed by atoms with van der Waals surface area (Å²) < 4.78 is 27.4. The Labute approximate surface area is 508 Å². The summed E-state index contributed by atoms with van der Waals surface area (Å²) in [4.78, 5) is 88.3. The molecular formula is C68H63N5O16. The third-order valence-electron chi connectivity index (χ3n) is 14.9. The van der Waals surface area contributed by atoms with E-state index in [0.29, 0.717) is 81.2 Å². The second kappa shape index (κ2) is 28.6. The van der Waals surface area contributed by atoms with Crippen molar-refractivity contribution in [2.24, 2.45) is 0 Å². The Morgan fingerprint density at radius 2 is 0.854 bits per heavy atom. The van der Waals surface area contributed by atoms with Crippen LogP contribution in [-0.2, 0) is 44.5 Å². The van der Waals surface area contributed by atoms with Crippen molar-refractivity contribution >= 4 is 58.0 Å². The zero-order valence-corrected chi connectivity index (χ0v) is 48.1. The zero-order chi connectivity index (χ0) is 62.4. The highest BCUT2D eigenvalue weighted by Crippen LogP contribution is 2.32. The molecule has 10 N–H and O–H groups in total.